The van der Waals surface area contributed by atoms with Crippen molar-refractivity contribution >= 4 is 65.4 Å². The van der Waals surface area contributed by atoms with Gasteiger partial charge in [-0.2, -0.15) is 0 Å². The van der Waals surface area contributed by atoms with Crippen LogP contribution in [0.4, 0.5) is 0 Å². The van der Waals surface area contributed by atoms with E-state index in [-0.39, 0.29) is 0 Å². The molecule has 0 N–H and O–H groups in total. The van der Waals surface area contributed by atoms with Crippen LogP contribution in [0.1, 0.15) is 0 Å². The molecule has 12 aromatic rings. The Morgan fingerprint density at radius 2 is 0.672 bits per heavy atom. The van der Waals surface area contributed by atoms with Crippen molar-refractivity contribution < 1.29 is 8.83 Å². The van der Waals surface area contributed by atoms with Gasteiger partial charge in [0.2, 0.25) is 0 Å². The van der Waals surface area contributed by atoms with Crippen molar-refractivity contribution in [3.05, 3.63) is 206 Å². The van der Waals surface area contributed by atoms with Gasteiger partial charge in [-0.15, -0.1) is 0 Å². The Morgan fingerprint density at radius 1 is 0.224 bits per heavy atom. The lowest BCUT2D eigenvalue weighted by Gasteiger charge is -2.23. The van der Waals surface area contributed by atoms with Crippen LogP contribution >= 0.6 is 0 Å². The molecule has 0 aliphatic heterocycles. The highest BCUT2D eigenvalue weighted by molar-refractivity contribution is 6.26. The third kappa shape index (κ3) is 4.85. The van der Waals surface area contributed by atoms with Crippen LogP contribution in [-0.4, -0.2) is 0 Å². The summed E-state index contributed by atoms with van der Waals surface area (Å²) in [4.78, 5) is 0. The SMILES string of the molecule is c1ccc(-c2ccccc2-c2c3ccccc3c(-c3c(-c4cccc5c4oc4ccccc45)cccc3-c3cccc4oc5ccccc5c34)c3ccccc23)cc1. The first-order chi connectivity index (χ1) is 28.8. The lowest BCUT2D eigenvalue weighted by Crippen LogP contribution is -1.96. The van der Waals surface area contributed by atoms with E-state index in [4.69, 9.17) is 8.83 Å². The Balaban J connectivity index is 1.26. The quantitative estimate of drug-likeness (QED) is 0.164. The third-order valence-corrected chi connectivity index (χ3v) is 11.9. The molecule has 58 heavy (non-hydrogen) atoms. The van der Waals surface area contributed by atoms with E-state index in [0.717, 1.165) is 71.7 Å². The Morgan fingerprint density at radius 3 is 1.40 bits per heavy atom. The summed E-state index contributed by atoms with van der Waals surface area (Å²) in [7, 11) is 0. The molecule has 270 valence electrons. The molecule has 0 saturated heterocycles. The molecule has 12 rings (SSSR count). The molecule has 0 radical (unpaired) electrons. The number of fused-ring (bicyclic) bond motifs is 8. The lowest BCUT2D eigenvalue weighted by atomic mass is 9.79. The van der Waals surface area contributed by atoms with E-state index in [1.54, 1.807) is 0 Å². The van der Waals surface area contributed by atoms with Crippen LogP contribution in [0, 0.1) is 0 Å². The Bertz CT molecular complexity index is 3510. The fourth-order valence-electron chi connectivity index (χ4n) is 9.49. The van der Waals surface area contributed by atoms with Crippen LogP contribution in [0.2, 0.25) is 0 Å². The average Bonchev–Trinajstić information content (AvgIpc) is 3.87. The van der Waals surface area contributed by atoms with Gasteiger partial charge in [0.05, 0.1) is 0 Å². The first-order valence-electron chi connectivity index (χ1n) is 19.8. The maximum atomic E-state index is 6.78. The van der Waals surface area contributed by atoms with E-state index in [1.165, 1.54) is 49.4 Å². The van der Waals surface area contributed by atoms with Crippen molar-refractivity contribution in [3.63, 3.8) is 0 Å². The normalized spacial score (nSPS) is 11.8. The van der Waals surface area contributed by atoms with Crippen molar-refractivity contribution in [1.82, 2.24) is 0 Å². The van der Waals surface area contributed by atoms with E-state index in [9.17, 15) is 0 Å². The predicted molar refractivity (Wildman–Crippen MR) is 243 cm³/mol. The first kappa shape index (κ1) is 32.6. The third-order valence-electron chi connectivity index (χ3n) is 11.9. The van der Waals surface area contributed by atoms with E-state index in [2.05, 4.69) is 194 Å². The van der Waals surface area contributed by atoms with Gasteiger partial charge in [-0.25, -0.2) is 0 Å². The lowest BCUT2D eigenvalue weighted by molar-refractivity contribution is 0.669. The van der Waals surface area contributed by atoms with Crippen molar-refractivity contribution in [2.75, 3.05) is 0 Å². The fraction of sp³-hybridized carbons (Fsp3) is 0. The van der Waals surface area contributed by atoms with Crippen LogP contribution in [0.25, 0.3) is 121 Å². The summed E-state index contributed by atoms with van der Waals surface area (Å²) in [5.41, 5.74) is 15.1. The van der Waals surface area contributed by atoms with Crippen LogP contribution in [0.3, 0.4) is 0 Å². The molecule has 0 saturated carbocycles. The van der Waals surface area contributed by atoms with E-state index in [1.807, 2.05) is 12.1 Å². The van der Waals surface area contributed by atoms with Crippen molar-refractivity contribution in [2.45, 2.75) is 0 Å². The van der Waals surface area contributed by atoms with Gasteiger partial charge in [-0.05, 0) is 89.8 Å². The average molecular weight is 739 g/mol. The molecule has 10 aromatic carbocycles. The molecule has 0 unspecified atom stereocenters. The molecule has 2 aromatic heterocycles. The molecule has 0 aliphatic rings. The number of benzene rings is 10. The van der Waals surface area contributed by atoms with Crippen molar-refractivity contribution in [3.8, 4) is 55.6 Å². The summed E-state index contributed by atoms with van der Waals surface area (Å²) < 4.78 is 13.3. The predicted octanol–water partition coefficient (Wildman–Crippen LogP) is 16.1. The van der Waals surface area contributed by atoms with Gasteiger partial charge in [0.25, 0.3) is 0 Å². The van der Waals surface area contributed by atoms with Gasteiger partial charge in [0.15, 0.2) is 0 Å². The summed E-state index contributed by atoms with van der Waals surface area (Å²) in [6.45, 7) is 0. The smallest absolute Gasteiger partial charge is 0.143 e. The van der Waals surface area contributed by atoms with Gasteiger partial charge in [-0.3, -0.25) is 0 Å². The zero-order valence-corrected chi connectivity index (χ0v) is 31.4. The summed E-state index contributed by atoms with van der Waals surface area (Å²) in [6.07, 6.45) is 0. The Hall–Kier alpha value is -7.68. The number of hydrogen-bond donors (Lipinski definition) is 0. The summed E-state index contributed by atoms with van der Waals surface area (Å²) >= 11 is 0. The largest absolute Gasteiger partial charge is 0.456 e. The molecule has 0 amide bonds. The second-order valence-electron chi connectivity index (χ2n) is 15.0. The van der Waals surface area contributed by atoms with Gasteiger partial charge >= 0.3 is 0 Å². The van der Waals surface area contributed by atoms with Crippen molar-refractivity contribution in [2.24, 2.45) is 0 Å². The minimum absolute atomic E-state index is 0.872. The second-order valence-corrected chi connectivity index (χ2v) is 15.0. The summed E-state index contributed by atoms with van der Waals surface area (Å²) in [5, 5.41) is 9.22. The molecule has 2 heteroatoms. The Labute approximate surface area is 334 Å². The maximum absolute atomic E-state index is 6.78. The van der Waals surface area contributed by atoms with Crippen LogP contribution in [0.15, 0.2) is 215 Å². The molecule has 0 fully saturated rings. The van der Waals surface area contributed by atoms with Crippen LogP contribution in [0.5, 0.6) is 0 Å². The fourth-order valence-corrected chi connectivity index (χ4v) is 9.49. The van der Waals surface area contributed by atoms with Gasteiger partial charge < -0.3 is 8.83 Å². The highest BCUT2D eigenvalue weighted by atomic mass is 16.3. The zero-order valence-electron chi connectivity index (χ0n) is 31.4. The minimum Gasteiger partial charge on any atom is -0.456 e. The zero-order chi connectivity index (χ0) is 38.2. The molecule has 0 aliphatic carbocycles. The standard InChI is InChI=1S/C56H34O2/c1-2-17-35(18-3-1)36-19-4-5-21-38(36)52-39-22-6-8-24-42(39)54(43-25-9-7-23-40(43)52)55-44(41-29-16-34-51-53(41)48-26-11-13-33-50(48)57-51)27-14-28-45(55)47-31-15-30-46-37-20-10-12-32-49(37)58-56(46)47/h1-34H. The molecule has 0 spiro atoms. The highest BCUT2D eigenvalue weighted by Crippen LogP contribution is 2.52. The summed E-state index contributed by atoms with van der Waals surface area (Å²) in [6, 6.07) is 74.0. The van der Waals surface area contributed by atoms with E-state index < -0.39 is 0 Å². The van der Waals surface area contributed by atoms with Gasteiger partial charge in [0, 0.05) is 27.1 Å². The topological polar surface area (TPSA) is 26.3 Å². The second kappa shape index (κ2) is 12.9. The van der Waals surface area contributed by atoms with Crippen LogP contribution in [-0.2, 0) is 0 Å². The number of rotatable bonds is 5. The monoisotopic (exact) mass is 738 g/mol. The number of para-hydroxylation sites is 3. The maximum Gasteiger partial charge on any atom is 0.143 e. The molecule has 2 nitrogen and oxygen atoms in total. The number of furan rings is 2. The molecule has 0 atom stereocenters. The Kier molecular flexibility index (Phi) is 7.26. The first-order valence-corrected chi connectivity index (χ1v) is 19.8. The van der Waals surface area contributed by atoms with Crippen molar-refractivity contribution in [1.29, 1.82) is 0 Å². The number of hydrogen-bond acceptors (Lipinski definition) is 2. The molecule has 2 heterocycles. The molecule has 0 bridgehead atoms. The van der Waals surface area contributed by atoms with E-state index >= 15 is 0 Å². The van der Waals surface area contributed by atoms with Crippen LogP contribution < -0.4 is 0 Å². The summed E-state index contributed by atoms with van der Waals surface area (Å²) in [5.74, 6) is 0. The highest BCUT2D eigenvalue weighted by Gasteiger charge is 2.26. The molecular weight excluding hydrogens is 705 g/mol. The minimum atomic E-state index is 0.872. The van der Waals surface area contributed by atoms with Gasteiger partial charge in [-0.1, -0.05) is 188 Å². The van der Waals surface area contributed by atoms with E-state index in [0.29, 0.717) is 0 Å². The molecular formula is C56H34O2. The van der Waals surface area contributed by atoms with Gasteiger partial charge in [0.1, 0.15) is 22.3 Å².